The van der Waals surface area contributed by atoms with E-state index in [1.54, 1.807) is 0 Å². The highest BCUT2D eigenvalue weighted by molar-refractivity contribution is 6.31. The zero-order valence-electron chi connectivity index (χ0n) is 10.2. The topological polar surface area (TPSA) is 78.9 Å². The van der Waals surface area contributed by atoms with E-state index in [1.165, 1.54) is 30.3 Å². The Kier molecular flexibility index (Phi) is 3.87. The van der Waals surface area contributed by atoms with Crippen molar-refractivity contribution >= 4 is 28.9 Å². The van der Waals surface area contributed by atoms with Crippen molar-refractivity contribution in [1.29, 1.82) is 5.26 Å². The SMILES string of the molecule is N#Cc1cc(NC(=O)c2cc(N)ccc2F)ccc1Cl. The number of nitrogens with zero attached hydrogens (tertiary/aromatic N) is 1. The van der Waals surface area contributed by atoms with Crippen molar-refractivity contribution in [3.63, 3.8) is 0 Å². The van der Waals surface area contributed by atoms with Gasteiger partial charge >= 0.3 is 0 Å². The van der Waals surface area contributed by atoms with E-state index < -0.39 is 11.7 Å². The molecule has 0 saturated carbocycles. The lowest BCUT2D eigenvalue weighted by atomic mass is 10.1. The van der Waals surface area contributed by atoms with Crippen molar-refractivity contribution in [3.8, 4) is 6.07 Å². The average molecular weight is 290 g/mol. The number of anilines is 2. The summed E-state index contributed by atoms with van der Waals surface area (Å²) >= 11 is 5.78. The Morgan fingerprint density at radius 3 is 2.75 bits per heavy atom. The van der Waals surface area contributed by atoms with Crippen LogP contribution in [0, 0.1) is 17.1 Å². The molecule has 0 aromatic heterocycles. The molecular formula is C14H9ClFN3O. The first kappa shape index (κ1) is 13.8. The van der Waals surface area contributed by atoms with Gasteiger partial charge in [-0.2, -0.15) is 5.26 Å². The Balaban J connectivity index is 2.28. The van der Waals surface area contributed by atoms with Crippen LogP contribution >= 0.6 is 11.6 Å². The minimum absolute atomic E-state index is 0.168. The van der Waals surface area contributed by atoms with Gasteiger partial charge in [-0.3, -0.25) is 4.79 Å². The first-order chi connectivity index (χ1) is 9.51. The second kappa shape index (κ2) is 5.59. The van der Waals surface area contributed by atoms with Gasteiger partial charge in [0.1, 0.15) is 11.9 Å². The Labute approximate surface area is 119 Å². The number of nitriles is 1. The van der Waals surface area contributed by atoms with Crippen LogP contribution in [0.1, 0.15) is 15.9 Å². The fraction of sp³-hybridized carbons (Fsp3) is 0. The third kappa shape index (κ3) is 2.87. The molecule has 0 atom stereocenters. The van der Waals surface area contributed by atoms with Gasteiger partial charge in [-0.1, -0.05) is 11.6 Å². The summed E-state index contributed by atoms with van der Waals surface area (Å²) < 4.78 is 13.5. The Morgan fingerprint density at radius 1 is 1.30 bits per heavy atom. The van der Waals surface area contributed by atoms with Gasteiger partial charge in [-0.25, -0.2) is 4.39 Å². The molecule has 4 nitrogen and oxygen atoms in total. The largest absolute Gasteiger partial charge is 0.399 e. The summed E-state index contributed by atoms with van der Waals surface area (Å²) in [5.41, 5.74) is 6.20. The molecule has 6 heteroatoms. The number of halogens is 2. The average Bonchev–Trinajstić information content (AvgIpc) is 2.43. The van der Waals surface area contributed by atoms with Crippen LogP contribution in [0.5, 0.6) is 0 Å². The second-order valence-electron chi connectivity index (χ2n) is 4.00. The van der Waals surface area contributed by atoms with Crippen molar-refractivity contribution in [2.45, 2.75) is 0 Å². The molecule has 0 aliphatic heterocycles. The molecule has 0 heterocycles. The number of rotatable bonds is 2. The molecule has 0 aliphatic carbocycles. The van der Waals surface area contributed by atoms with Crippen molar-refractivity contribution in [2.75, 3.05) is 11.1 Å². The normalized spacial score (nSPS) is 9.85. The molecule has 2 aromatic carbocycles. The third-order valence-corrected chi connectivity index (χ3v) is 2.91. The fourth-order valence-corrected chi connectivity index (χ4v) is 1.76. The quantitative estimate of drug-likeness (QED) is 0.833. The van der Waals surface area contributed by atoms with Crippen LogP contribution in [-0.2, 0) is 0 Å². The van der Waals surface area contributed by atoms with Crippen LogP contribution in [0.2, 0.25) is 5.02 Å². The zero-order valence-corrected chi connectivity index (χ0v) is 10.9. The number of carbonyl (C=O) groups is 1. The van der Waals surface area contributed by atoms with Gasteiger partial charge in [-0.15, -0.1) is 0 Å². The van der Waals surface area contributed by atoms with E-state index >= 15 is 0 Å². The highest BCUT2D eigenvalue weighted by Crippen LogP contribution is 2.21. The zero-order chi connectivity index (χ0) is 14.7. The van der Waals surface area contributed by atoms with E-state index in [-0.39, 0.29) is 21.8 Å². The third-order valence-electron chi connectivity index (χ3n) is 2.58. The van der Waals surface area contributed by atoms with E-state index in [2.05, 4.69) is 5.32 Å². The Morgan fingerprint density at radius 2 is 2.05 bits per heavy atom. The number of amides is 1. The minimum atomic E-state index is -0.675. The van der Waals surface area contributed by atoms with Gasteiger partial charge < -0.3 is 11.1 Å². The number of hydrogen-bond donors (Lipinski definition) is 2. The van der Waals surface area contributed by atoms with Gasteiger partial charge in [0, 0.05) is 11.4 Å². The van der Waals surface area contributed by atoms with Crippen molar-refractivity contribution in [1.82, 2.24) is 0 Å². The molecule has 0 radical (unpaired) electrons. The summed E-state index contributed by atoms with van der Waals surface area (Å²) in [6, 6.07) is 10.0. The Bertz CT molecular complexity index is 725. The van der Waals surface area contributed by atoms with E-state index in [1.807, 2.05) is 6.07 Å². The van der Waals surface area contributed by atoms with Crippen molar-refractivity contribution in [3.05, 3.63) is 58.4 Å². The van der Waals surface area contributed by atoms with E-state index in [0.717, 1.165) is 6.07 Å². The molecule has 2 rings (SSSR count). The monoisotopic (exact) mass is 289 g/mol. The van der Waals surface area contributed by atoms with Crippen LogP contribution in [-0.4, -0.2) is 5.91 Å². The summed E-state index contributed by atoms with van der Waals surface area (Å²) in [6.45, 7) is 0. The lowest BCUT2D eigenvalue weighted by molar-refractivity contribution is 0.102. The van der Waals surface area contributed by atoms with Gasteiger partial charge in [0.25, 0.3) is 5.91 Å². The first-order valence-electron chi connectivity index (χ1n) is 5.57. The lowest BCUT2D eigenvalue weighted by Gasteiger charge is -2.07. The fourth-order valence-electron chi connectivity index (χ4n) is 1.60. The van der Waals surface area contributed by atoms with Gasteiger partial charge in [0.05, 0.1) is 16.1 Å². The molecular weight excluding hydrogens is 281 g/mol. The molecule has 100 valence electrons. The molecule has 2 aromatic rings. The summed E-state index contributed by atoms with van der Waals surface area (Å²) in [5, 5.41) is 11.6. The lowest BCUT2D eigenvalue weighted by Crippen LogP contribution is -2.14. The molecule has 1 amide bonds. The van der Waals surface area contributed by atoms with E-state index in [9.17, 15) is 9.18 Å². The molecule has 0 unspecified atom stereocenters. The van der Waals surface area contributed by atoms with Crippen molar-refractivity contribution in [2.24, 2.45) is 0 Å². The number of benzene rings is 2. The molecule has 0 fully saturated rings. The first-order valence-corrected chi connectivity index (χ1v) is 5.95. The molecule has 0 bridgehead atoms. The van der Waals surface area contributed by atoms with Gasteiger partial charge in [-0.05, 0) is 36.4 Å². The number of hydrogen-bond acceptors (Lipinski definition) is 3. The summed E-state index contributed by atoms with van der Waals surface area (Å²) in [4.78, 5) is 11.9. The van der Waals surface area contributed by atoms with Crippen LogP contribution in [0.15, 0.2) is 36.4 Å². The highest BCUT2D eigenvalue weighted by Gasteiger charge is 2.13. The number of nitrogens with one attached hydrogen (secondary N) is 1. The summed E-state index contributed by atoms with van der Waals surface area (Å²) in [7, 11) is 0. The molecule has 0 spiro atoms. The van der Waals surface area contributed by atoms with E-state index in [4.69, 9.17) is 22.6 Å². The van der Waals surface area contributed by atoms with Gasteiger partial charge in [0.2, 0.25) is 0 Å². The van der Waals surface area contributed by atoms with Crippen molar-refractivity contribution < 1.29 is 9.18 Å². The highest BCUT2D eigenvalue weighted by atomic mass is 35.5. The molecule has 3 N–H and O–H groups in total. The standard InChI is InChI=1S/C14H9ClFN3O/c15-12-3-2-10(5-8(12)7-17)19-14(20)11-6-9(18)1-4-13(11)16/h1-6H,18H2,(H,19,20). The number of carbonyl (C=O) groups excluding carboxylic acids is 1. The van der Waals surface area contributed by atoms with E-state index in [0.29, 0.717) is 5.69 Å². The summed E-state index contributed by atoms with van der Waals surface area (Å²) in [6.07, 6.45) is 0. The maximum Gasteiger partial charge on any atom is 0.258 e. The predicted molar refractivity (Wildman–Crippen MR) is 74.9 cm³/mol. The van der Waals surface area contributed by atoms with Crippen LogP contribution in [0.3, 0.4) is 0 Å². The smallest absolute Gasteiger partial charge is 0.258 e. The molecule has 0 saturated heterocycles. The predicted octanol–water partition coefficient (Wildman–Crippen LogP) is 3.19. The Hall–Kier alpha value is -2.58. The summed E-state index contributed by atoms with van der Waals surface area (Å²) in [5.74, 6) is -1.33. The number of nitrogen functional groups attached to an aromatic ring is 1. The van der Waals surface area contributed by atoms with Crippen LogP contribution in [0.25, 0.3) is 0 Å². The second-order valence-corrected chi connectivity index (χ2v) is 4.41. The molecule has 20 heavy (non-hydrogen) atoms. The number of nitrogens with two attached hydrogens (primary N) is 1. The molecule has 0 aliphatic rings. The maximum atomic E-state index is 13.5. The maximum absolute atomic E-state index is 13.5. The van der Waals surface area contributed by atoms with Crippen LogP contribution in [0.4, 0.5) is 15.8 Å². The van der Waals surface area contributed by atoms with Gasteiger partial charge in [0.15, 0.2) is 0 Å². The van der Waals surface area contributed by atoms with Crippen LogP contribution < -0.4 is 11.1 Å². The minimum Gasteiger partial charge on any atom is -0.399 e.